The maximum atomic E-state index is 11.6. The van der Waals surface area contributed by atoms with Gasteiger partial charge in [0.1, 0.15) is 0 Å². The van der Waals surface area contributed by atoms with E-state index in [-0.39, 0.29) is 5.92 Å². The molecule has 0 amide bonds. The van der Waals surface area contributed by atoms with E-state index in [4.69, 9.17) is 0 Å². The van der Waals surface area contributed by atoms with Crippen LogP contribution in [0.2, 0.25) is 0 Å². The Labute approximate surface area is 123 Å². The quantitative estimate of drug-likeness (QED) is 0.794. The van der Waals surface area contributed by atoms with E-state index < -0.39 is 5.97 Å². The molecular formula is C17H31NO2. The van der Waals surface area contributed by atoms with Crippen LogP contribution in [-0.4, -0.2) is 35.1 Å². The molecule has 3 unspecified atom stereocenters. The SMILES string of the molecule is CCCC1CCCN(C2CCCCCC2C(=O)O)CC1. The third kappa shape index (κ3) is 4.21. The second-order valence-electron chi connectivity index (χ2n) is 6.77. The smallest absolute Gasteiger partial charge is 0.308 e. The summed E-state index contributed by atoms with van der Waals surface area (Å²) < 4.78 is 0. The van der Waals surface area contributed by atoms with Crippen molar-refractivity contribution >= 4 is 5.97 Å². The number of carbonyl (C=O) groups is 1. The van der Waals surface area contributed by atoms with Gasteiger partial charge in [-0.25, -0.2) is 0 Å². The molecule has 3 heteroatoms. The lowest BCUT2D eigenvalue weighted by Gasteiger charge is -2.33. The summed E-state index contributed by atoms with van der Waals surface area (Å²) in [5.41, 5.74) is 0. The minimum atomic E-state index is -0.564. The molecule has 0 bridgehead atoms. The van der Waals surface area contributed by atoms with Crippen LogP contribution in [-0.2, 0) is 4.79 Å². The second kappa shape index (κ2) is 8.02. The number of hydrogen-bond donors (Lipinski definition) is 1. The molecule has 2 aliphatic rings. The van der Waals surface area contributed by atoms with E-state index in [1.807, 2.05) is 0 Å². The maximum absolute atomic E-state index is 11.6. The number of hydrogen-bond acceptors (Lipinski definition) is 2. The Bertz CT molecular complexity index is 305. The van der Waals surface area contributed by atoms with Crippen LogP contribution < -0.4 is 0 Å². The van der Waals surface area contributed by atoms with E-state index in [9.17, 15) is 9.90 Å². The van der Waals surface area contributed by atoms with Crippen molar-refractivity contribution < 1.29 is 9.90 Å². The number of rotatable bonds is 4. The lowest BCUT2D eigenvalue weighted by Crippen LogP contribution is -2.43. The summed E-state index contributed by atoms with van der Waals surface area (Å²) in [6.07, 6.45) is 12.0. The van der Waals surface area contributed by atoms with Crippen LogP contribution in [0.15, 0.2) is 0 Å². The molecule has 1 N–H and O–H groups in total. The molecule has 3 nitrogen and oxygen atoms in total. The standard InChI is InChI=1S/C17H31NO2/c1-2-7-14-8-6-12-18(13-11-14)16-10-5-3-4-9-15(16)17(19)20/h14-16H,2-13H2,1H3,(H,19,20). The van der Waals surface area contributed by atoms with Crippen LogP contribution in [0.25, 0.3) is 0 Å². The van der Waals surface area contributed by atoms with Gasteiger partial charge in [0.2, 0.25) is 0 Å². The normalized spacial score (nSPS) is 33.4. The summed E-state index contributed by atoms with van der Waals surface area (Å²) in [5.74, 6) is 0.186. The van der Waals surface area contributed by atoms with Gasteiger partial charge in [0.15, 0.2) is 0 Å². The summed E-state index contributed by atoms with van der Waals surface area (Å²) in [6, 6.07) is 0.301. The molecule has 1 aliphatic heterocycles. The van der Waals surface area contributed by atoms with Crippen LogP contribution in [0.5, 0.6) is 0 Å². The Kier molecular flexibility index (Phi) is 6.34. The van der Waals surface area contributed by atoms with Gasteiger partial charge in [-0.05, 0) is 51.1 Å². The molecule has 0 aromatic rings. The first kappa shape index (κ1) is 15.8. The Morgan fingerprint density at radius 2 is 1.85 bits per heavy atom. The average Bonchev–Trinajstić information content (AvgIpc) is 2.79. The fourth-order valence-corrected chi connectivity index (χ4v) is 4.23. The first-order valence-electron chi connectivity index (χ1n) is 8.69. The Hall–Kier alpha value is -0.570. The van der Waals surface area contributed by atoms with Crippen molar-refractivity contribution in [1.29, 1.82) is 0 Å². The van der Waals surface area contributed by atoms with Gasteiger partial charge in [-0.1, -0.05) is 39.0 Å². The second-order valence-corrected chi connectivity index (χ2v) is 6.77. The van der Waals surface area contributed by atoms with Crippen molar-refractivity contribution in [2.45, 2.75) is 77.2 Å². The van der Waals surface area contributed by atoms with Gasteiger partial charge in [0.25, 0.3) is 0 Å². The molecular weight excluding hydrogens is 250 g/mol. The largest absolute Gasteiger partial charge is 0.481 e. The van der Waals surface area contributed by atoms with Gasteiger partial charge in [-0.15, -0.1) is 0 Å². The Balaban J connectivity index is 1.98. The van der Waals surface area contributed by atoms with Crippen LogP contribution in [0, 0.1) is 11.8 Å². The Morgan fingerprint density at radius 1 is 1.05 bits per heavy atom. The van der Waals surface area contributed by atoms with Gasteiger partial charge in [-0.3, -0.25) is 9.69 Å². The predicted molar refractivity (Wildman–Crippen MR) is 81.8 cm³/mol. The highest BCUT2D eigenvalue weighted by Gasteiger charge is 2.34. The zero-order chi connectivity index (χ0) is 14.4. The molecule has 0 aromatic carbocycles. The molecule has 1 saturated carbocycles. The minimum Gasteiger partial charge on any atom is -0.481 e. The van der Waals surface area contributed by atoms with Gasteiger partial charge in [0.05, 0.1) is 5.92 Å². The highest BCUT2D eigenvalue weighted by molar-refractivity contribution is 5.70. The lowest BCUT2D eigenvalue weighted by molar-refractivity contribution is -0.144. The molecule has 0 spiro atoms. The number of likely N-dealkylation sites (tertiary alicyclic amines) is 1. The zero-order valence-corrected chi connectivity index (χ0v) is 13.0. The average molecular weight is 281 g/mol. The number of carboxylic acids is 1. The molecule has 1 aliphatic carbocycles. The van der Waals surface area contributed by atoms with Gasteiger partial charge in [-0.2, -0.15) is 0 Å². The molecule has 1 heterocycles. The van der Waals surface area contributed by atoms with Crippen LogP contribution in [0.4, 0.5) is 0 Å². The summed E-state index contributed by atoms with van der Waals surface area (Å²) in [4.78, 5) is 14.1. The fourth-order valence-electron chi connectivity index (χ4n) is 4.23. The van der Waals surface area contributed by atoms with Crippen LogP contribution in [0.1, 0.15) is 71.1 Å². The molecule has 3 atom stereocenters. The van der Waals surface area contributed by atoms with Gasteiger partial charge in [0, 0.05) is 6.04 Å². The minimum absolute atomic E-state index is 0.125. The zero-order valence-electron chi connectivity index (χ0n) is 13.0. The number of aliphatic carboxylic acids is 1. The van der Waals surface area contributed by atoms with E-state index in [1.165, 1.54) is 44.9 Å². The van der Waals surface area contributed by atoms with Crippen LogP contribution >= 0.6 is 0 Å². The number of carboxylic acid groups (broad SMARTS) is 1. The van der Waals surface area contributed by atoms with Gasteiger partial charge >= 0.3 is 5.97 Å². The Morgan fingerprint density at radius 3 is 2.60 bits per heavy atom. The highest BCUT2D eigenvalue weighted by Crippen LogP contribution is 2.31. The molecule has 20 heavy (non-hydrogen) atoms. The van der Waals surface area contributed by atoms with E-state index in [1.54, 1.807) is 0 Å². The van der Waals surface area contributed by atoms with Gasteiger partial charge < -0.3 is 5.11 Å². The summed E-state index contributed by atoms with van der Waals surface area (Å²) in [5, 5.41) is 9.54. The summed E-state index contributed by atoms with van der Waals surface area (Å²) >= 11 is 0. The maximum Gasteiger partial charge on any atom is 0.308 e. The van der Waals surface area contributed by atoms with Crippen molar-refractivity contribution in [3.05, 3.63) is 0 Å². The summed E-state index contributed by atoms with van der Waals surface area (Å²) in [7, 11) is 0. The topological polar surface area (TPSA) is 40.5 Å². The molecule has 2 fully saturated rings. The monoisotopic (exact) mass is 281 g/mol. The van der Waals surface area contributed by atoms with E-state index in [0.29, 0.717) is 6.04 Å². The molecule has 0 aromatic heterocycles. The van der Waals surface area contributed by atoms with Crippen molar-refractivity contribution in [1.82, 2.24) is 4.90 Å². The predicted octanol–water partition coefficient (Wildman–Crippen LogP) is 3.92. The third-order valence-corrected chi connectivity index (χ3v) is 5.34. The van der Waals surface area contributed by atoms with Crippen molar-refractivity contribution in [2.24, 2.45) is 11.8 Å². The first-order valence-corrected chi connectivity index (χ1v) is 8.69. The van der Waals surface area contributed by atoms with E-state index in [2.05, 4.69) is 11.8 Å². The van der Waals surface area contributed by atoms with Crippen LogP contribution in [0.3, 0.4) is 0 Å². The molecule has 1 saturated heterocycles. The summed E-state index contributed by atoms with van der Waals surface area (Å²) in [6.45, 7) is 4.52. The first-order chi connectivity index (χ1) is 9.72. The fraction of sp³-hybridized carbons (Fsp3) is 0.941. The van der Waals surface area contributed by atoms with E-state index in [0.717, 1.165) is 38.3 Å². The van der Waals surface area contributed by atoms with Crippen molar-refractivity contribution in [2.75, 3.05) is 13.1 Å². The molecule has 0 radical (unpaired) electrons. The molecule has 116 valence electrons. The van der Waals surface area contributed by atoms with E-state index >= 15 is 0 Å². The third-order valence-electron chi connectivity index (χ3n) is 5.34. The van der Waals surface area contributed by atoms with Crippen molar-refractivity contribution in [3.8, 4) is 0 Å². The number of nitrogens with zero attached hydrogens (tertiary/aromatic N) is 1. The highest BCUT2D eigenvalue weighted by atomic mass is 16.4. The molecule has 2 rings (SSSR count). The van der Waals surface area contributed by atoms with Crippen molar-refractivity contribution in [3.63, 3.8) is 0 Å². The lowest BCUT2D eigenvalue weighted by atomic mass is 9.93.